The molecule has 13 heavy (non-hydrogen) atoms. The molecule has 0 unspecified atom stereocenters. The van der Waals surface area contributed by atoms with Crippen molar-refractivity contribution < 1.29 is 5.11 Å². The summed E-state index contributed by atoms with van der Waals surface area (Å²) in [6.45, 7) is 2.79. The summed E-state index contributed by atoms with van der Waals surface area (Å²) < 4.78 is 0. The fraction of sp³-hybridized carbons (Fsp3) is 1.00. The van der Waals surface area contributed by atoms with Crippen LogP contribution in [0, 0.1) is 5.92 Å². The lowest BCUT2D eigenvalue weighted by molar-refractivity contribution is 0.0958. The summed E-state index contributed by atoms with van der Waals surface area (Å²) in [5.41, 5.74) is 0. The number of nitrogens with zero attached hydrogens (tertiary/aromatic N) is 1. The number of rotatable bonds is 2. The quantitative estimate of drug-likeness (QED) is 0.726. The molecule has 1 N–H and O–H groups in total. The van der Waals surface area contributed by atoms with Crippen LogP contribution in [0.25, 0.3) is 0 Å². The van der Waals surface area contributed by atoms with E-state index in [0.29, 0.717) is 12.5 Å². The van der Waals surface area contributed by atoms with E-state index in [1.54, 1.807) is 0 Å². The SMILES string of the molecule is OC[C@H]1CCCN([C@@H]2CCSC2)C1. The molecule has 2 nitrogen and oxygen atoms in total. The van der Waals surface area contributed by atoms with Gasteiger partial charge in [0.05, 0.1) is 0 Å². The Bertz CT molecular complexity index is 159. The smallest absolute Gasteiger partial charge is 0.0471 e. The molecule has 0 spiro atoms. The van der Waals surface area contributed by atoms with Crippen molar-refractivity contribution >= 4 is 11.8 Å². The lowest BCUT2D eigenvalue weighted by Crippen LogP contribution is -2.43. The van der Waals surface area contributed by atoms with Crippen LogP contribution in [0.4, 0.5) is 0 Å². The molecule has 0 saturated carbocycles. The molecule has 2 aliphatic heterocycles. The average Bonchev–Trinajstić information content (AvgIpc) is 2.71. The van der Waals surface area contributed by atoms with E-state index in [4.69, 9.17) is 5.11 Å². The third-order valence-corrected chi connectivity index (χ3v) is 4.38. The Kier molecular flexibility index (Phi) is 3.52. The standard InChI is InChI=1S/C10H19NOS/c12-7-9-2-1-4-11(6-9)10-3-5-13-8-10/h9-10,12H,1-8H2/t9-,10+/m0/s1. The third-order valence-electron chi connectivity index (χ3n) is 3.23. The molecule has 2 rings (SSSR count). The minimum Gasteiger partial charge on any atom is -0.396 e. The zero-order valence-corrected chi connectivity index (χ0v) is 8.93. The van der Waals surface area contributed by atoms with Gasteiger partial charge in [0.2, 0.25) is 0 Å². The molecule has 0 amide bonds. The molecular weight excluding hydrogens is 182 g/mol. The van der Waals surface area contributed by atoms with Crippen LogP contribution in [0.2, 0.25) is 0 Å². The van der Waals surface area contributed by atoms with Gasteiger partial charge in [-0.05, 0) is 37.5 Å². The zero-order valence-electron chi connectivity index (χ0n) is 8.11. The minimum absolute atomic E-state index is 0.385. The van der Waals surface area contributed by atoms with Gasteiger partial charge in [-0.3, -0.25) is 4.90 Å². The summed E-state index contributed by atoms with van der Waals surface area (Å²) in [5, 5.41) is 9.12. The third kappa shape index (κ3) is 2.39. The number of hydrogen-bond donors (Lipinski definition) is 1. The Morgan fingerprint density at radius 2 is 2.31 bits per heavy atom. The largest absolute Gasteiger partial charge is 0.396 e. The van der Waals surface area contributed by atoms with Crippen LogP contribution in [-0.4, -0.2) is 47.3 Å². The summed E-state index contributed by atoms with van der Waals surface area (Å²) in [5.74, 6) is 3.21. The monoisotopic (exact) mass is 201 g/mol. The van der Waals surface area contributed by atoms with Crippen LogP contribution in [0.15, 0.2) is 0 Å². The van der Waals surface area contributed by atoms with E-state index in [0.717, 1.165) is 12.6 Å². The highest BCUT2D eigenvalue weighted by molar-refractivity contribution is 7.99. The van der Waals surface area contributed by atoms with Gasteiger partial charge in [-0.25, -0.2) is 0 Å². The molecule has 76 valence electrons. The number of piperidine rings is 1. The Morgan fingerprint density at radius 1 is 1.38 bits per heavy atom. The summed E-state index contributed by atoms with van der Waals surface area (Å²) in [7, 11) is 0. The summed E-state index contributed by atoms with van der Waals surface area (Å²) in [6, 6.07) is 0.819. The van der Waals surface area contributed by atoms with Crippen LogP contribution in [-0.2, 0) is 0 Å². The van der Waals surface area contributed by atoms with Crippen molar-refractivity contribution in [1.29, 1.82) is 0 Å². The van der Waals surface area contributed by atoms with Crippen LogP contribution in [0.3, 0.4) is 0 Å². The number of hydrogen-bond acceptors (Lipinski definition) is 3. The predicted molar refractivity (Wildman–Crippen MR) is 57.1 cm³/mol. The molecule has 0 aromatic carbocycles. The molecule has 2 aliphatic rings. The summed E-state index contributed by atoms with van der Waals surface area (Å²) >= 11 is 2.08. The molecular formula is C10H19NOS. The lowest BCUT2D eigenvalue weighted by atomic mass is 9.97. The molecule has 0 aromatic rings. The Labute approximate surface area is 84.7 Å². The predicted octanol–water partition coefficient (Wildman–Crippen LogP) is 1.20. The van der Waals surface area contributed by atoms with Crippen LogP contribution in [0.5, 0.6) is 0 Å². The summed E-state index contributed by atoms with van der Waals surface area (Å²) in [6.07, 6.45) is 3.88. The highest BCUT2D eigenvalue weighted by atomic mass is 32.2. The van der Waals surface area contributed by atoms with E-state index < -0.39 is 0 Å². The van der Waals surface area contributed by atoms with Gasteiger partial charge in [-0.2, -0.15) is 11.8 Å². The van der Waals surface area contributed by atoms with Crippen molar-refractivity contribution in [2.45, 2.75) is 25.3 Å². The molecule has 2 heterocycles. The second-order valence-corrected chi connectivity index (χ2v) is 5.35. The Hall–Kier alpha value is 0.270. The van der Waals surface area contributed by atoms with Gasteiger partial charge in [0.25, 0.3) is 0 Å². The summed E-state index contributed by atoms with van der Waals surface area (Å²) in [4.78, 5) is 2.60. The van der Waals surface area contributed by atoms with Crippen molar-refractivity contribution in [3.05, 3.63) is 0 Å². The maximum absolute atomic E-state index is 9.12. The molecule has 2 atom stereocenters. The van der Waals surface area contributed by atoms with E-state index in [9.17, 15) is 0 Å². The fourth-order valence-electron chi connectivity index (χ4n) is 2.39. The van der Waals surface area contributed by atoms with E-state index in [2.05, 4.69) is 16.7 Å². The van der Waals surface area contributed by atoms with Gasteiger partial charge in [-0.1, -0.05) is 0 Å². The number of thioether (sulfide) groups is 1. The molecule has 2 fully saturated rings. The maximum atomic E-state index is 9.12. The van der Waals surface area contributed by atoms with Crippen molar-refractivity contribution in [1.82, 2.24) is 4.90 Å². The topological polar surface area (TPSA) is 23.5 Å². The van der Waals surface area contributed by atoms with E-state index in [1.807, 2.05) is 0 Å². The van der Waals surface area contributed by atoms with E-state index >= 15 is 0 Å². The Morgan fingerprint density at radius 3 is 3.00 bits per heavy atom. The molecule has 0 aliphatic carbocycles. The highest BCUT2D eigenvalue weighted by Crippen LogP contribution is 2.26. The van der Waals surface area contributed by atoms with E-state index in [-0.39, 0.29) is 0 Å². The van der Waals surface area contributed by atoms with Gasteiger partial charge < -0.3 is 5.11 Å². The fourth-order valence-corrected chi connectivity index (χ4v) is 3.64. The van der Waals surface area contributed by atoms with Gasteiger partial charge in [-0.15, -0.1) is 0 Å². The van der Waals surface area contributed by atoms with Gasteiger partial charge in [0.1, 0.15) is 0 Å². The van der Waals surface area contributed by atoms with Gasteiger partial charge >= 0.3 is 0 Å². The maximum Gasteiger partial charge on any atom is 0.0471 e. The van der Waals surface area contributed by atoms with E-state index in [1.165, 1.54) is 37.3 Å². The molecule has 2 saturated heterocycles. The van der Waals surface area contributed by atoms with Gasteiger partial charge in [0.15, 0.2) is 0 Å². The van der Waals surface area contributed by atoms with Gasteiger partial charge in [0, 0.05) is 24.9 Å². The normalized spacial score (nSPS) is 36.7. The molecule has 0 bridgehead atoms. The first-order chi connectivity index (χ1) is 6.40. The first-order valence-corrected chi connectivity index (χ1v) is 6.48. The van der Waals surface area contributed by atoms with Crippen LogP contribution in [0.1, 0.15) is 19.3 Å². The number of likely N-dealkylation sites (tertiary alicyclic amines) is 1. The van der Waals surface area contributed by atoms with Crippen molar-refractivity contribution in [2.75, 3.05) is 31.2 Å². The molecule has 0 aromatic heterocycles. The second kappa shape index (κ2) is 4.67. The second-order valence-electron chi connectivity index (χ2n) is 4.20. The lowest BCUT2D eigenvalue weighted by Gasteiger charge is -2.35. The van der Waals surface area contributed by atoms with Crippen LogP contribution < -0.4 is 0 Å². The van der Waals surface area contributed by atoms with Crippen molar-refractivity contribution in [2.24, 2.45) is 5.92 Å². The van der Waals surface area contributed by atoms with Crippen molar-refractivity contribution in [3.8, 4) is 0 Å². The first kappa shape index (κ1) is 9.81. The zero-order chi connectivity index (χ0) is 9.10. The van der Waals surface area contributed by atoms with Crippen molar-refractivity contribution in [3.63, 3.8) is 0 Å². The number of aliphatic hydroxyl groups is 1. The molecule has 3 heteroatoms. The first-order valence-electron chi connectivity index (χ1n) is 5.33. The minimum atomic E-state index is 0.385. The Balaban J connectivity index is 1.84. The molecule has 0 radical (unpaired) electrons. The highest BCUT2D eigenvalue weighted by Gasteiger charge is 2.27. The number of aliphatic hydroxyl groups excluding tert-OH is 1. The van der Waals surface area contributed by atoms with Crippen LogP contribution >= 0.6 is 11.8 Å². The average molecular weight is 201 g/mol.